The van der Waals surface area contributed by atoms with E-state index in [1.54, 1.807) is 6.08 Å². The second-order valence-electron chi connectivity index (χ2n) is 3.98. The molecule has 0 aliphatic carbocycles. The largest absolute Gasteiger partial charge is 0.501 e. The molecule has 0 spiro atoms. The van der Waals surface area contributed by atoms with Crippen molar-refractivity contribution in [2.75, 3.05) is 6.54 Å². The van der Waals surface area contributed by atoms with Crippen molar-refractivity contribution in [1.29, 1.82) is 0 Å². The van der Waals surface area contributed by atoms with E-state index in [0.29, 0.717) is 9.81 Å². The first kappa shape index (κ1) is 17.9. The molecule has 22 heavy (non-hydrogen) atoms. The Morgan fingerprint density at radius 1 is 1.32 bits per heavy atom. The predicted octanol–water partition coefficient (Wildman–Crippen LogP) is 1.66. The van der Waals surface area contributed by atoms with E-state index in [2.05, 4.69) is 53.7 Å². The Balaban J connectivity index is 3.13. The van der Waals surface area contributed by atoms with Gasteiger partial charge in [-0.2, -0.15) is 0 Å². The normalized spacial score (nSPS) is 11.9. The van der Waals surface area contributed by atoms with E-state index in [1.165, 1.54) is 18.2 Å². The number of aromatic amines is 1. The maximum absolute atomic E-state index is 12.0. The van der Waals surface area contributed by atoms with Crippen LogP contribution in [-0.2, 0) is 0 Å². The van der Waals surface area contributed by atoms with E-state index in [9.17, 15) is 14.7 Å². The Labute approximate surface area is 138 Å². The molecule has 0 fully saturated rings. The zero-order chi connectivity index (χ0) is 16.7. The highest BCUT2D eigenvalue weighted by atomic mass is 32.1. The lowest BCUT2D eigenvalue weighted by atomic mass is 10.3. The average Bonchev–Trinajstić information content (AvgIpc) is 2.48. The minimum atomic E-state index is -0.841. The predicted molar refractivity (Wildman–Crippen MR) is 93.3 cm³/mol. The Hall–Kier alpha value is -2.19. The molecule has 1 aromatic rings. The highest BCUT2D eigenvalue weighted by molar-refractivity contribution is 7.90. The number of nitrogens with zero attached hydrogens (tertiary/aromatic N) is 1. The third kappa shape index (κ3) is 4.68. The molecule has 0 aromatic carbocycles. The number of hydrogen-bond acceptors (Lipinski definition) is 6. The van der Waals surface area contributed by atoms with Crippen LogP contribution in [0.15, 0.2) is 47.2 Å². The van der Waals surface area contributed by atoms with E-state index >= 15 is 0 Å². The Kier molecular flexibility index (Phi) is 6.74. The summed E-state index contributed by atoms with van der Waals surface area (Å²) in [4.78, 5) is 30.7. The van der Waals surface area contributed by atoms with Gasteiger partial charge < -0.3 is 15.4 Å². The summed E-state index contributed by atoms with van der Waals surface area (Å²) in [6.45, 7) is 7.10. The van der Waals surface area contributed by atoms with Crippen molar-refractivity contribution in [1.82, 2.24) is 15.3 Å². The van der Waals surface area contributed by atoms with Crippen LogP contribution in [0.2, 0.25) is 0 Å². The highest BCUT2D eigenvalue weighted by Gasteiger charge is 2.18. The molecule has 0 atom stereocenters. The molecule has 6 nitrogen and oxygen atoms in total. The number of carbonyl (C=O) groups is 1. The Bertz CT molecular complexity index is 721. The first-order valence-corrected chi connectivity index (χ1v) is 6.94. The van der Waals surface area contributed by atoms with Gasteiger partial charge in [0.15, 0.2) is 5.69 Å². The van der Waals surface area contributed by atoms with E-state index in [0.717, 1.165) is 0 Å². The molecule has 1 heterocycles. The van der Waals surface area contributed by atoms with Crippen LogP contribution in [0.25, 0.3) is 4.91 Å². The summed E-state index contributed by atoms with van der Waals surface area (Å²) in [6.07, 6.45) is 6.04. The molecule has 1 rings (SSSR count). The molecule has 0 aliphatic heterocycles. The number of H-pyrrole nitrogens is 1. The standard InChI is InChI=1S/C14H15N3O3S2/c1-3-5-8(21)7-15-13(19)10-11(18)14(20)17-12(16-10)9(22)6-4-2/h3-6,18,21-22H,1-2,7H2,(H,15,19)(H,16,17,20)/b8-5-,9-6-. The summed E-state index contributed by atoms with van der Waals surface area (Å²) in [5.41, 5.74) is -1.24. The Morgan fingerprint density at radius 3 is 2.55 bits per heavy atom. The topological polar surface area (TPSA) is 95.1 Å². The SMILES string of the molecule is C=C/C=C(\S)CNC(=O)c1nc(/C(S)=C/C=C)[nH]c(=O)c1O. The first-order chi connectivity index (χ1) is 10.4. The van der Waals surface area contributed by atoms with Crippen molar-refractivity contribution in [3.63, 3.8) is 0 Å². The molecule has 8 heteroatoms. The van der Waals surface area contributed by atoms with Crippen molar-refractivity contribution >= 4 is 36.1 Å². The van der Waals surface area contributed by atoms with Crippen LogP contribution in [0.4, 0.5) is 0 Å². The van der Waals surface area contributed by atoms with Crippen LogP contribution < -0.4 is 10.9 Å². The molecule has 1 amide bonds. The molecule has 0 unspecified atom stereocenters. The quantitative estimate of drug-likeness (QED) is 0.403. The van der Waals surface area contributed by atoms with E-state index < -0.39 is 22.9 Å². The second kappa shape index (κ2) is 8.30. The van der Waals surface area contributed by atoms with Crippen molar-refractivity contribution < 1.29 is 9.90 Å². The molecule has 0 aliphatic rings. The van der Waals surface area contributed by atoms with Gasteiger partial charge in [0.1, 0.15) is 5.82 Å². The van der Waals surface area contributed by atoms with E-state index in [1.807, 2.05) is 0 Å². The maximum Gasteiger partial charge on any atom is 0.294 e. The maximum atomic E-state index is 12.0. The van der Waals surface area contributed by atoms with E-state index in [4.69, 9.17) is 0 Å². The van der Waals surface area contributed by atoms with Crippen LogP contribution >= 0.6 is 25.3 Å². The smallest absolute Gasteiger partial charge is 0.294 e. The molecule has 3 N–H and O–H groups in total. The third-order valence-electron chi connectivity index (χ3n) is 2.37. The number of nitrogens with one attached hydrogen (secondary N) is 2. The Morgan fingerprint density at radius 2 is 1.95 bits per heavy atom. The molecular formula is C14H15N3O3S2. The van der Waals surface area contributed by atoms with Crippen LogP contribution in [0, 0.1) is 0 Å². The van der Waals surface area contributed by atoms with Gasteiger partial charge in [-0.25, -0.2) is 4.98 Å². The van der Waals surface area contributed by atoms with Gasteiger partial charge in [0, 0.05) is 16.4 Å². The summed E-state index contributed by atoms with van der Waals surface area (Å²) in [5, 5.41) is 12.2. The lowest BCUT2D eigenvalue weighted by Crippen LogP contribution is -2.28. The van der Waals surface area contributed by atoms with Gasteiger partial charge in [0.05, 0.1) is 0 Å². The second-order valence-corrected chi connectivity index (χ2v) is 5.03. The number of aromatic nitrogens is 2. The molecule has 0 saturated carbocycles. The lowest BCUT2D eigenvalue weighted by Gasteiger charge is -2.07. The van der Waals surface area contributed by atoms with Crippen molar-refractivity contribution in [3.8, 4) is 5.75 Å². The summed E-state index contributed by atoms with van der Waals surface area (Å²) in [6, 6.07) is 0. The van der Waals surface area contributed by atoms with Gasteiger partial charge >= 0.3 is 0 Å². The van der Waals surface area contributed by atoms with E-state index in [-0.39, 0.29) is 12.4 Å². The van der Waals surface area contributed by atoms with Crippen LogP contribution in [-0.4, -0.2) is 27.5 Å². The van der Waals surface area contributed by atoms with Crippen LogP contribution in [0.1, 0.15) is 16.3 Å². The molecule has 0 bridgehead atoms. The highest BCUT2D eigenvalue weighted by Crippen LogP contribution is 2.16. The lowest BCUT2D eigenvalue weighted by molar-refractivity contribution is 0.0949. The van der Waals surface area contributed by atoms with Gasteiger partial charge in [0.2, 0.25) is 5.75 Å². The van der Waals surface area contributed by atoms with Gasteiger partial charge in [0.25, 0.3) is 11.5 Å². The average molecular weight is 337 g/mol. The number of aromatic hydroxyl groups is 1. The number of rotatable bonds is 6. The molecular weight excluding hydrogens is 322 g/mol. The first-order valence-electron chi connectivity index (χ1n) is 6.04. The molecule has 1 aromatic heterocycles. The van der Waals surface area contributed by atoms with Gasteiger partial charge in [-0.15, -0.1) is 25.3 Å². The fourth-order valence-electron chi connectivity index (χ4n) is 1.39. The number of hydrogen-bond donors (Lipinski definition) is 5. The molecule has 116 valence electrons. The zero-order valence-electron chi connectivity index (χ0n) is 11.5. The number of amides is 1. The summed E-state index contributed by atoms with van der Waals surface area (Å²) in [5.74, 6) is -1.44. The summed E-state index contributed by atoms with van der Waals surface area (Å²) >= 11 is 8.24. The van der Waals surface area contributed by atoms with Crippen molar-refractivity contribution in [3.05, 3.63) is 64.2 Å². The molecule has 0 saturated heterocycles. The van der Waals surface area contributed by atoms with Crippen LogP contribution in [0.3, 0.4) is 0 Å². The fraction of sp³-hybridized carbons (Fsp3) is 0.0714. The number of allylic oxidation sites excluding steroid dienone is 4. The van der Waals surface area contributed by atoms with Crippen LogP contribution in [0.5, 0.6) is 5.75 Å². The fourth-order valence-corrected chi connectivity index (χ4v) is 1.78. The third-order valence-corrected chi connectivity index (χ3v) is 3.04. The van der Waals surface area contributed by atoms with Gasteiger partial charge in [-0.05, 0) is 6.08 Å². The monoisotopic (exact) mass is 337 g/mol. The summed E-state index contributed by atoms with van der Waals surface area (Å²) < 4.78 is 0. The van der Waals surface area contributed by atoms with Gasteiger partial charge in [-0.3, -0.25) is 9.59 Å². The zero-order valence-corrected chi connectivity index (χ0v) is 13.3. The summed E-state index contributed by atoms with van der Waals surface area (Å²) in [7, 11) is 0. The molecule has 0 radical (unpaired) electrons. The minimum absolute atomic E-state index is 0.0453. The minimum Gasteiger partial charge on any atom is -0.501 e. The van der Waals surface area contributed by atoms with Crippen molar-refractivity contribution in [2.24, 2.45) is 0 Å². The number of carbonyl (C=O) groups excluding carboxylic acids is 1. The number of thiol groups is 2. The van der Waals surface area contributed by atoms with Crippen molar-refractivity contribution in [2.45, 2.75) is 0 Å². The van der Waals surface area contributed by atoms with Gasteiger partial charge in [-0.1, -0.05) is 31.4 Å².